The second kappa shape index (κ2) is 6.11. The minimum Gasteiger partial charge on any atom is -0.509 e. The fourth-order valence-electron chi connectivity index (χ4n) is 5.51. The molecular weight excluding hydrogens is 436 g/mol. The van der Waals surface area contributed by atoms with Gasteiger partial charge in [-0.3, -0.25) is 19.4 Å². The van der Waals surface area contributed by atoms with Crippen molar-refractivity contribution in [3.63, 3.8) is 0 Å². The fraction of sp³-hybridized carbons (Fsp3) is 0.333. The van der Waals surface area contributed by atoms with Crippen molar-refractivity contribution in [1.29, 1.82) is 0 Å². The SMILES string of the molecule is CC1(N)C(O)=C(C(N)=O)C(=O)[C@@]2(O)C(=O)C3=C(O)c4c(c(N)cc5[nH]c(=O)oc45)C[C@H]3C[C@@H]12. The van der Waals surface area contributed by atoms with Crippen molar-refractivity contribution in [3.05, 3.63) is 44.6 Å². The topological polar surface area (TPSA) is 236 Å². The van der Waals surface area contributed by atoms with E-state index in [4.69, 9.17) is 21.6 Å². The minimum absolute atomic E-state index is 0.00252. The Balaban J connectivity index is 1.79. The Morgan fingerprint density at radius 3 is 2.55 bits per heavy atom. The summed E-state index contributed by atoms with van der Waals surface area (Å²) in [5.41, 5.74) is 12.4. The highest BCUT2D eigenvalue weighted by Gasteiger charge is 2.67. The lowest BCUT2D eigenvalue weighted by Gasteiger charge is -2.51. The number of carbonyl (C=O) groups is 3. The number of hydrogen-bond acceptors (Lipinski definition) is 10. The van der Waals surface area contributed by atoms with Crippen LogP contribution in [0.2, 0.25) is 0 Å². The Kier molecular flexibility index (Phi) is 3.89. The smallest absolute Gasteiger partial charge is 0.417 e. The van der Waals surface area contributed by atoms with Gasteiger partial charge in [0, 0.05) is 17.2 Å². The molecule has 5 rings (SSSR count). The molecule has 33 heavy (non-hydrogen) atoms. The Hall–Kier alpha value is -3.90. The lowest BCUT2D eigenvalue weighted by molar-refractivity contribution is -0.162. The number of benzene rings is 1. The molecule has 1 unspecified atom stereocenters. The molecule has 10 N–H and O–H groups in total. The zero-order valence-electron chi connectivity index (χ0n) is 17.3. The van der Waals surface area contributed by atoms with Gasteiger partial charge in [0.15, 0.2) is 11.2 Å². The molecule has 12 nitrogen and oxygen atoms in total. The first kappa shape index (κ1) is 21.0. The maximum Gasteiger partial charge on any atom is 0.417 e. The number of ketones is 2. The van der Waals surface area contributed by atoms with E-state index in [1.165, 1.54) is 13.0 Å². The number of amides is 1. The van der Waals surface area contributed by atoms with Gasteiger partial charge in [0.25, 0.3) is 5.91 Å². The number of oxazole rings is 1. The molecule has 0 aliphatic heterocycles. The summed E-state index contributed by atoms with van der Waals surface area (Å²) in [4.78, 5) is 52.7. The first-order chi connectivity index (χ1) is 15.3. The summed E-state index contributed by atoms with van der Waals surface area (Å²) in [5, 5.41) is 33.1. The molecule has 4 atom stereocenters. The van der Waals surface area contributed by atoms with Gasteiger partial charge >= 0.3 is 5.76 Å². The number of aliphatic hydroxyl groups excluding tert-OH is 2. The molecule has 1 amide bonds. The summed E-state index contributed by atoms with van der Waals surface area (Å²) in [6, 6.07) is 1.46. The van der Waals surface area contributed by atoms with Crippen LogP contribution in [0, 0.1) is 11.8 Å². The number of aliphatic hydroxyl groups is 3. The molecule has 3 aliphatic carbocycles. The quantitative estimate of drug-likeness (QED) is 0.158. The molecule has 172 valence electrons. The van der Waals surface area contributed by atoms with Crippen LogP contribution in [0.3, 0.4) is 0 Å². The van der Waals surface area contributed by atoms with E-state index in [2.05, 4.69) is 4.98 Å². The van der Waals surface area contributed by atoms with Crippen LogP contribution < -0.4 is 23.0 Å². The number of fused-ring (bicyclic) bond motifs is 5. The first-order valence-corrected chi connectivity index (χ1v) is 10.0. The number of nitrogens with one attached hydrogen (secondary N) is 1. The van der Waals surface area contributed by atoms with Gasteiger partial charge < -0.3 is 36.9 Å². The number of aromatic nitrogens is 1. The highest BCUT2D eigenvalue weighted by atomic mass is 16.4. The summed E-state index contributed by atoms with van der Waals surface area (Å²) in [6.45, 7) is 1.28. The van der Waals surface area contributed by atoms with Gasteiger partial charge in [-0.15, -0.1) is 0 Å². The van der Waals surface area contributed by atoms with Gasteiger partial charge in [-0.1, -0.05) is 0 Å². The molecule has 3 aliphatic rings. The predicted octanol–water partition coefficient (Wildman–Crippen LogP) is -0.938. The number of anilines is 1. The number of nitrogen functional groups attached to an aromatic ring is 1. The van der Waals surface area contributed by atoms with E-state index in [-0.39, 0.29) is 40.8 Å². The van der Waals surface area contributed by atoms with Gasteiger partial charge in [-0.05, 0) is 37.3 Å². The van der Waals surface area contributed by atoms with Gasteiger partial charge in [0.2, 0.25) is 11.6 Å². The molecule has 0 spiro atoms. The number of hydrogen-bond donors (Lipinski definition) is 7. The molecule has 1 fully saturated rings. The molecule has 0 radical (unpaired) electrons. The highest BCUT2D eigenvalue weighted by molar-refractivity contribution is 6.33. The van der Waals surface area contributed by atoms with E-state index in [9.17, 15) is 34.5 Å². The van der Waals surface area contributed by atoms with E-state index in [0.29, 0.717) is 5.56 Å². The molecule has 1 saturated carbocycles. The van der Waals surface area contributed by atoms with Gasteiger partial charge in [0.05, 0.1) is 16.6 Å². The van der Waals surface area contributed by atoms with E-state index in [0.717, 1.165) is 0 Å². The number of carbonyl (C=O) groups excluding carboxylic acids is 3. The van der Waals surface area contributed by atoms with Crippen LogP contribution >= 0.6 is 0 Å². The van der Waals surface area contributed by atoms with Crippen LogP contribution in [0.15, 0.2) is 32.2 Å². The summed E-state index contributed by atoms with van der Waals surface area (Å²) in [7, 11) is 0. The van der Waals surface area contributed by atoms with E-state index in [1.807, 2.05) is 0 Å². The van der Waals surface area contributed by atoms with Crippen LogP contribution in [0.25, 0.3) is 16.9 Å². The number of primary amides is 1. The van der Waals surface area contributed by atoms with E-state index >= 15 is 0 Å². The molecule has 1 aromatic heterocycles. The molecule has 12 heteroatoms. The third kappa shape index (κ3) is 2.36. The zero-order chi connectivity index (χ0) is 24.2. The maximum absolute atomic E-state index is 13.6. The molecule has 2 aromatic rings. The normalized spacial score (nSPS) is 31.5. The second-order valence-corrected chi connectivity index (χ2v) is 8.96. The third-order valence-corrected chi connectivity index (χ3v) is 7.11. The predicted molar refractivity (Wildman–Crippen MR) is 113 cm³/mol. The highest BCUT2D eigenvalue weighted by Crippen LogP contribution is 2.53. The average Bonchev–Trinajstić information content (AvgIpc) is 3.08. The summed E-state index contributed by atoms with van der Waals surface area (Å²) in [5.74, 6) is -8.21. The lowest BCUT2D eigenvalue weighted by Crippen LogP contribution is -2.70. The van der Waals surface area contributed by atoms with Crippen LogP contribution in [-0.2, 0) is 20.8 Å². The van der Waals surface area contributed by atoms with E-state index < -0.39 is 63.3 Å². The van der Waals surface area contributed by atoms with Crippen LogP contribution in [0.1, 0.15) is 24.5 Å². The van der Waals surface area contributed by atoms with Crippen molar-refractivity contribution in [2.45, 2.75) is 30.9 Å². The number of rotatable bonds is 1. The standard InChI is InChI=1S/C21H20N4O8/c1-20(24)9-3-5-2-6-7(22)4-8-14(33-19(31)25-8)11(6)13(26)10(5)16(28)21(9,32)17(29)12(15(20)27)18(23)30/h4-5,9,26-27,32H,2-3,22,24H2,1H3,(H2,23,30)(H,25,31)/t5-,9-,20?,21-/m0/s1. The average molecular weight is 456 g/mol. The molecule has 0 bridgehead atoms. The van der Waals surface area contributed by atoms with Crippen LogP contribution in [0.4, 0.5) is 5.69 Å². The van der Waals surface area contributed by atoms with Crippen molar-refractivity contribution in [3.8, 4) is 0 Å². The fourth-order valence-corrected chi connectivity index (χ4v) is 5.51. The van der Waals surface area contributed by atoms with Crippen molar-refractivity contribution in [2.75, 3.05) is 5.73 Å². The lowest BCUT2D eigenvalue weighted by atomic mass is 9.54. The molecule has 0 saturated heterocycles. The molecular formula is C21H20N4O8. The van der Waals surface area contributed by atoms with Gasteiger partial charge in [-0.2, -0.15) is 0 Å². The molecule has 1 aromatic carbocycles. The second-order valence-electron chi connectivity index (χ2n) is 8.96. The Morgan fingerprint density at radius 1 is 1.24 bits per heavy atom. The Labute approximate surface area is 184 Å². The van der Waals surface area contributed by atoms with E-state index in [1.54, 1.807) is 0 Å². The van der Waals surface area contributed by atoms with Crippen molar-refractivity contribution in [2.24, 2.45) is 23.3 Å². The van der Waals surface area contributed by atoms with Gasteiger partial charge in [-0.25, -0.2) is 4.79 Å². The van der Waals surface area contributed by atoms with Crippen molar-refractivity contribution >= 4 is 40.0 Å². The number of aromatic amines is 1. The number of Topliss-reactive ketones (excluding diaryl/α,β-unsaturated/α-hetero) is 2. The monoisotopic (exact) mass is 456 g/mol. The third-order valence-electron chi connectivity index (χ3n) is 7.11. The largest absolute Gasteiger partial charge is 0.509 e. The first-order valence-electron chi connectivity index (χ1n) is 10.0. The van der Waals surface area contributed by atoms with Gasteiger partial charge in [0.1, 0.15) is 17.1 Å². The Bertz CT molecular complexity index is 1440. The summed E-state index contributed by atoms with van der Waals surface area (Å²) < 4.78 is 5.13. The van der Waals surface area contributed by atoms with Crippen molar-refractivity contribution < 1.29 is 34.1 Å². The summed E-state index contributed by atoms with van der Waals surface area (Å²) >= 11 is 0. The minimum atomic E-state index is -2.85. The number of H-pyrrole nitrogens is 1. The van der Waals surface area contributed by atoms with Crippen LogP contribution in [0.5, 0.6) is 0 Å². The maximum atomic E-state index is 13.6. The van der Waals surface area contributed by atoms with Crippen molar-refractivity contribution in [1.82, 2.24) is 4.98 Å². The Morgan fingerprint density at radius 2 is 1.91 bits per heavy atom. The zero-order valence-corrected chi connectivity index (χ0v) is 17.3. The summed E-state index contributed by atoms with van der Waals surface area (Å²) in [6.07, 6.45) is -0.00832. The van der Waals surface area contributed by atoms with Crippen LogP contribution in [-0.4, -0.2) is 48.9 Å². The number of nitrogens with two attached hydrogens (primary N) is 3. The molecule has 1 heterocycles.